The molecule has 0 saturated heterocycles. The van der Waals surface area contributed by atoms with E-state index in [-0.39, 0.29) is 0 Å². The summed E-state index contributed by atoms with van der Waals surface area (Å²) < 4.78 is 6.04. The second kappa shape index (κ2) is 6.01. The van der Waals surface area contributed by atoms with Crippen LogP contribution >= 0.6 is 0 Å². The summed E-state index contributed by atoms with van der Waals surface area (Å²) in [6.45, 7) is 5.15. The Morgan fingerprint density at radius 3 is 2.88 bits per heavy atom. The quantitative estimate of drug-likeness (QED) is 0.850. The molecule has 0 radical (unpaired) electrons. The molecule has 3 heteroatoms. The normalized spacial score (nSPS) is 16.6. The maximum absolute atomic E-state index is 6.04. The lowest BCUT2D eigenvalue weighted by Crippen LogP contribution is -2.23. The molecule has 1 N–H and O–H groups in total. The number of ether oxygens (including phenoxy) is 1. The Labute approximate surface area is 104 Å². The molecule has 0 bridgehead atoms. The van der Waals surface area contributed by atoms with E-state index in [4.69, 9.17) is 4.74 Å². The molecule has 17 heavy (non-hydrogen) atoms. The smallest absolute Gasteiger partial charge is 0.142 e. The topological polar surface area (TPSA) is 34.2 Å². The van der Waals surface area contributed by atoms with Crippen LogP contribution in [-0.4, -0.2) is 17.1 Å². The summed E-state index contributed by atoms with van der Waals surface area (Å²) in [5.74, 6) is 0.951. The summed E-state index contributed by atoms with van der Waals surface area (Å²) >= 11 is 0. The van der Waals surface area contributed by atoms with Crippen molar-refractivity contribution in [1.82, 2.24) is 10.3 Å². The maximum atomic E-state index is 6.04. The molecule has 1 heterocycles. The fraction of sp³-hybridized carbons (Fsp3) is 0.643. The molecule has 3 nitrogen and oxygen atoms in total. The number of nitrogens with zero attached hydrogens (tertiary/aromatic N) is 1. The average Bonchev–Trinajstić information content (AvgIpc) is 2.80. The molecule has 1 aromatic rings. The number of aromatic nitrogens is 1. The molecular formula is C14H22N2O. The molecular weight excluding hydrogens is 212 g/mol. The Morgan fingerprint density at radius 1 is 1.41 bits per heavy atom. The molecule has 0 aromatic carbocycles. The first-order valence-corrected chi connectivity index (χ1v) is 6.58. The van der Waals surface area contributed by atoms with Crippen molar-refractivity contribution in [3.05, 3.63) is 24.0 Å². The molecule has 0 spiro atoms. The lowest BCUT2D eigenvalue weighted by Gasteiger charge is -2.17. The SMILES string of the molecule is CC(C)NCc1ccncc1OC1CCCC1. The van der Waals surface area contributed by atoms with Gasteiger partial charge in [0.2, 0.25) is 0 Å². The number of hydrogen-bond donors (Lipinski definition) is 1. The van der Waals surface area contributed by atoms with Gasteiger partial charge in [0.15, 0.2) is 0 Å². The highest BCUT2D eigenvalue weighted by molar-refractivity contribution is 5.30. The zero-order valence-electron chi connectivity index (χ0n) is 10.8. The summed E-state index contributed by atoms with van der Waals surface area (Å²) in [6, 6.07) is 2.53. The lowest BCUT2D eigenvalue weighted by atomic mass is 10.2. The van der Waals surface area contributed by atoms with Gasteiger partial charge in [0.05, 0.1) is 12.3 Å². The van der Waals surface area contributed by atoms with Gasteiger partial charge in [0.25, 0.3) is 0 Å². The molecule has 0 amide bonds. The number of rotatable bonds is 5. The highest BCUT2D eigenvalue weighted by atomic mass is 16.5. The minimum Gasteiger partial charge on any atom is -0.488 e. The lowest BCUT2D eigenvalue weighted by molar-refractivity contribution is 0.206. The first kappa shape index (κ1) is 12.4. The van der Waals surface area contributed by atoms with E-state index in [9.17, 15) is 0 Å². The largest absolute Gasteiger partial charge is 0.488 e. The first-order chi connectivity index (χ1) is 8.25. The summed E-state index contributed by atoms with van der Waals surface area (Å²) in [7, 11) is 0. The fourth-order valence-electron chi connectivity index (χ4n) is 2.16. The van der Waals surface area contributed by atoms with Gasteiger partial charge in [-0.15, -0.1) is 0 Å². The van der Waals surface area contributed by atoms with Crippen molar-refractivity contribution in [1.29, 1.82) is 0 Å². The van der Waals surface area contributed by atoms with Crippen LogP contribution in [0.15, 0.2) is 18.5 Å². The van der Waals surface area contributed by atoms with Gasteiger partial charge in [0, 0.05) is 24.3 Å². The van der Waals surface area contributed by atoms with Crippen LogP contribution in [0.25, 0.3) is 0 Å². The third-order valence-electron chi connectivity index (χ3n) is 3.17. The van der Waals surface area contributed by atoms with E-state index in [2.05, 4.69) is 24.1 Å². The highest BCUT2D eigenvalue weighted by Gasteiger charge is 2.17. The van der Waals surface area contributed by atoms with Gasteiger partial charge in [-0.1, -0.05) is 13.8 Å². The number of nitrogens with one attached hydrogen (secondary N) is 1. The Morgan fingerprint density at radius 2 is 2.18 bits per heavy atom. The number of hydrogen-bond acceptors (Lipinski definition) is 3. The summed E-state index contributed by atoms with van der Waals surface area (Å²) in [5.41, 5.74) is 1.21. The molecule has 0 aliphatic heterocycles. The van der Waals surface area contributed by atoms with E-state index < -0.39 is 0 Å². The second-order valence-corrected chi connectivity index (χ2v) is 5.04. The van der Waals surface area contributed by atoms with Crippen LogP contribution in [0.2, 0.25) is 0 Å². The van der Waals surface area contributed by atoms with Crippen molar-refractivity contribution in [3.63, 3.8) is 0 Å². The molecule has 0 unspecified atom stereocenters. The molecule has 1 fully saturated rings. The average molecular weight is 234 g/mol. The van der Waals surface area contributed by atoms with Crippen LogP contribution < -0.4 is 10.1 Å². The van der Waals surface area contributed by atoms with Crippen LogP contribution in [0.5, 0.6) is 5.75 Å². The predicted molar refractivity (Wildman–Crippen MR) is 69.1 cm³/mol. The Kier molecular flexibility index (Phi) is 4.37. The van der Waals surface area contributed by atoms with Crippen molar-refractivity contribution in [3.8, 4) is 5.75 Å². The van der Waals surface area contributed by atoms with Gasteiger partial charge in [-0.25, -0.2) is 0 Å². The summed E-state index contributed by atoms with van der Waals surface area (Å²) in [4.78, 5) is 4.16. The van der Waals surface area contributed by atoms with Crippen molar-refractivity contribution in [2.24, 2.45) is 0 Å². The Hall–Kier alpha value is -1.09. The third kappa shape index (κ3) is 3.70. The van der Waals surface area contributed by atoms with Crippen LogP contribution in [-0.2, 0) is 6.54 Å². The van der Waals surface area contributed by atoms with Crippen LogP contribution in [0.4, 0.5) is 0 Å². The summed E-state index contributed by atoms with van der Waals surface area (Å²) in [6.07, 6.45) is 9.04. The Bertz CT molecular complexity index is 346. The molecule has 94 valence electrons. The monoisotopic (exact) mass is 234 g/mol. The van der Waals surface area contributed by atoms with Gasteiger partial charge in [-0.3, -0.25) is 4.98 Å². The number of pyridine rings is 1. The first-order valence-electron chi connectivity index (χ1n) is 6.58. The predicted octanol–water partition coefficient (Wildman–Crippen LogP) is 2.90. The minimum absolute atomic E-state index is 0.400. The van der Waals surface area contributed by atoms with Crippen LogP contribution in [0.3, 0.4) is 0 Å². The molecule has 0 atom stereocenters. The van der Waals surface area contributed by atoms with E-state index in [1.54, 1.807) is 0 Å². The van der Waals surface area contributed by atoms with E-state index in [0.29, 0.717) is 12.1 Å². The van der Waals surface area contributed by atoms with Crippen molar-refractivity contribution < 1.29 is 4.74 Å². The second-order valence-electron chi connectivity index (χ2n) is 5.04. The molecule has 2 rings (SSSR count). The van der Waals surface area contributed by atoms with E-state index >= 15 is 0 Å². The standard InChI is InChI=1S/C14H22N2O/c1-11(2)16-9-12-7-8-15-10-14(12)17-13-5-3-4-6-13/h7-8,10-11,13,16H,3-6,9H2,1-2H3. The van der Waals surface area contributed by atoms with Crippen molar-refractivity contribution in [2.75, 3.05) is 0 Å². The Balaban J connectivity index is 1.99. The molecule has 1 aliphatic carbocycles. The van der Waals surface area contributed by atoms with E-state index in [1.165, 1.54) is 31.2 Å². The van der Waals surface area contributed by atoms with Gasteiger partial charge in [-0.2, -0.15) is 0 Å². The van der Waals surface area contributed by atoms with Crippen molar-refractivity contribution in [2.45, 2.75) is 58.2 Å². The van der Waals surface area contributed by atoms with Gasteiger partial charge in [-0.05, 0) is 31.7 Å². The van der Waals surface area contributed by atoms with Crippen LogP contribution in [0, 0.1) is 0 Å². The van der Waals surface area contributed by atoms with E-state index in [1.807, 2.05) is 18.5 Å². The van der Waals surface area contributed by atoms with Crippen LogP contribution in [0.1, 0.15) is 45.1 Å². The van der Waals surface area contributed by atoms with Gasteiger partial charge >= 0.3 is 0 Å². The molecule has 1 aliphatic rings. The van der Waals surface area contributed by atoms with Gasteiger partial charge < -0.3 is 10.1 Å². The van der Waals surface area contributed by atoms with Gasteiger partial charge in [0.1, 0.15) is 5.75 Å². The zero-order chi connectivity index (χ0) is 12.1. The summed E-state index contributed by atoms with van der Waals surface area (Å²) in [5, 5.41) is 3.42. The maximum Gasteiger partial charge on any atom is 0.142 e. The molecule has 1 saturated carbocycles. The van der Waals surface area contributed by atoms with E-state index in [0.717, 1.165) is 12.3 Å². The minimum atomic E-state index is 0.400. The zero-order valence-corrected chi connectivity index (χ0v) is 10.8. The molecule has 1 aromatic heterocycles. The fourth-order valence-corrected chi connectivity index (χ4v) is 2.16. The third-order valence-corrected chi connectivity index (χ3v) is 3.17. The highest BCUT2D eigenvalue weighted by Crippen LogP contribution is 2.25. The van der Waals surface area contributed by atoms with Crippen molar-refractivity contribution >= 4 is 0 Å².